The quantitative estimate of drug-likeness (QED) is 0.592. The van der Waals surface area contributed by atoms with Crippen LogP contribution < -0.4 is 16.9 Å². The molecule has 0 radical (unpaired) electrons. The molecular formula is C9H9N5O2. The van der Waals surface area contributed by atoms with Crippen LogP contribution in [-0.2, 0) is 0 Å². The van der Waals surface area contributed by atoms with Crippen LogP contribution >= 0.6 is 0 Å². The van der Waals surface area contributed by atoms with Crippen LogP contribution in [0.25, 0.3) is 11.4 Å². The number of aromatic amines is 2. The number of hydrogen-bond donors (Lipinski definition) is 3. The zero-order chi connectivity index (χ0) is 11.7. The third kappa shape index (κ3) is 1.83. The first kappa shape index (κ1) is 10.1. The van der Waals surface area contributed by atoms with E-state index in [4.69, 9.17) is 5.73 Å². The fraction of sp³-hybridized carbons (Fsp3) is 0.111. The topological polar surface area (TPSA) is 118 Å². The van der Waals surface area contributed by atoms with Gasteiger partial charge in [0.05, 0.1) is 5.56 Å². The van der Waals surface area contributed by atoms with Gasteiger partial charge in [-0.15, -0.1) is 0 Å². The van der Waals surface area contributed by atoms with Gasteiger partial charge >= 0.3 is 5.69 Å². The average Bonchev–Trinajstić information content (AvgIpc) is 2.15. The van der Waals surface area contributed by atoms with Crippen molar-refractivity contribution >= 4 is 5.95 Å². The second kappa shape index (κ2) is 3.61. The number of anilines is 1. The molecule has 0 spiro atoms. The molecule has 0 atom stereocenters. The molecule has 0 saturated heterocycles. The molecule has 7 heteroatoms. The summed E-state index contributed by atoms with van der Waals surface area (Å²) >= 11 is 0. The molecule has 2 heterocycles. The van der Waals surface area contributed by atoms with E-state index in [1.165, 1.54) is 12.3 Å². The molecule has 2 aromatic heterocycles. The SMILES string of the molecule is Cc1cc(=O)c(-c2nc(N)nc(=O)[nH]2)c[nH]1. The Morgan fingerprint density at radius 3 is 2.69 bits per heavy atom. The standard InChI is InChI=1S/C9H9N5O2/c1-4-2-6(15)5(3-11-4)7-12-8(10)14-9(16)13-7/h2-3H,1H3,(H,11,15)(H3,10,12,13,14,16). The van der Waals surface area contributed by atoms with Gasteiger partial charge in [-0.3, -0.25) is 9.78 Å². The molecule has 16 heavy (non-hydrogen) atoms. The number of aryl methyl sites for hydroxylation is 1. The minimum Gasteiger partial charge on any atom is -0.368 e. The Bertz CT molecular complexity index is 643. The molecular weight excluding hydrogens is 210 g/mol. The molecule has 0 aromatic carbocycles. The molecule has 0 saturated carbocycles. The largest absolute Gasteiger partial charge is 0.368 e. The Kier molecular flexibility index (Phi) is 2.28. The van der Waals surface area contributed by atoms with Crippen molar-refractivity contribution in [2.75, 3.05) is 5.73 Å². The molecule has 0 unspecified atom stereocenters. The van der Waals surface area contributed by atoms with Crippen LogP contribution in [0.3, 0.4) is 0 Å². The summed E-state index contributed by atoms with van der Waals surface area (Å²) in [6.07, 6.45) is 1.47. The van der Waals surface area contributed by atoms with Crippen molar-refractivity contribution in [3.63, 3.8) is 0 Å². The molecule has 2 aromatic rings. The summed E-state index contributed by atoms with van der Waals surface area (Å²) in [4.78, 5) is 35.0. The summed E-state index contributed by atoms with van der Waals surface area (Å²) < 4.78 is 0. The van der Waals surface area contributed by atoms with E-state index in [2.05, 4.69) is 19.9 Å². The Balaban J connectivity index is 2.68. The summed E-state index contributed by atoms with van der Waals surface area (Å²) in [5, 5.41) is 0. The number of nitrogens with two attached hydrogens (primary N) is 1. The highest BCUT2D eigenvalue weighted by atomic mass is 16.1. The average molecular weight is 219 g/mol. The van der Waals surface area contributed by atoms with E-state index in [-0.39, 0.29) is 22.8 Å². The summed E-state index contributed by atoms with van der Waals surface area (Å²) in [6.45, 7) is 1.75. The lowest BCUT2D eigenvalue weighted by molar-refractivity contribution is 1.00. The van der Waals surface area contributed by atoms with Crippen molar-refractivity contribution in [2.24, 2.45) is 0 Å². The smallest absolute Gasteiger partial charge is 0.349 e. The van der Waals surface area contributed by atoms with E-state index in [1.54, 1.807) is 6.92 Å². The number of aromatic nitrogens is 4. The van der Waals surface area contributed by atoms with Crippen LogP contribution in [-0.4, -0.2) is 19.9 Å². The number of pyridine rings is 1. The van der Waals surface area contributed by atoms with E-state index in [1.807, 2.05) is 0 Å². The predicted molar refractivity (Wildman–Crippen MR) is 57.9 cm³/mol. The van der Waals surface area contributed by atoms with Crippen molar-refractivity contribution < 1.29 is 0 Å². The summed E-state index contributed by atoms with van der Waals surface area (Å²) in [7, 11) is 0. The second-order valence-electron chi connectivity index (χ2n) is 3.25. The van der Waals surface area contributed by atoms with Crippen LogP contribution in [0, 0.1) is 6.92 Å². The van der Waals surface area contributed by atoms with Gasteiger partial charge in [0.2, 0.25) is 5.95 Å². The van der Waals surface area contributed by atoms with Crippen LogP contribution in [0.5, 0.6) is 0 Å². The van der Waals surface area contributed by atoms with E-state index in [0.717, 1.165) is 5.69 Å². The van der Waals surface area contributed by atoms with Gasteiger partial charge in [-0.05, 0) is 6.92 Å². The van der Waals surface area contributed by atoms with Crippen LogP contribution in [0.1, 0.15) is 5.69 Å². The number of H-pyrrole nitrogens is 2. The van der Waals surface area contributed by atoms with Crippen molar-refractivity contribution in [1.82, 2.24) is 19.9 Å². The molecule has 0 amide bonds. The Morgan fingerprint density at radius 2 is 2.06 bits per heavy atom. The fourth-order valence-corrected chi connectivity index (χ4v) is 1.29. The Hall–Kier alpha value is -2.44. The van der Waals surface area contributed by atoms with E-state index < -0.39 is 5.69 Å². The molecule has 0 bridgehead atoms. The predicted octanol–water partition coefficient (Wildman–Crippen LogP) is -0.589. The first-order valence-electron chi connectivity index (χ1n) is 4.50. The molecule has 0 aliphatic carbocycles. The number of nitrogens with one attached hydrogen (secondary N) is 2. The number of hydrogen-bond acceptors (Lipinski definition) is 5. The molecule has 7 nitrogen and oxygen atoms in total. The molecule has 4 N–H and O–H groups in total. The molecule has 0 aliphatic heterocycles. The zero-order valence-corrected chi connectivity index (χ0v) is 8.44. The van der Waals surface area contributed by atoms with Crippen LogP contribution in [0.2, 0.25) is 0 Å². The summed E-state index contributed by atoms with van der Waals surface area (Å²) in [5.41, 5.74) is 5.41. The molecule has 0 aliphatic rings. The second-order valence-corrected chi connectivity index (χ2v) is 3.25. The van der Waals surface area contributed by atoms with Crippen LogP contribution in [0.4, 0.5) is 5.95 Å². The van der Waals surface area contributed by atoms with Crippen molar-refractivity contribution in [2.45, 2.75) is 6.92 Å². The Morgan fingerprint density at radius 1 is 1.31 bits per heavy atom. The van der Waals surface area contributed by atoms with Crippen LogP contribution in [0.15, 0.2) is 21.9 Å². The van der Waals surface area contributed by atoms with Gasteiger partial charge in [0.1, 0.15) is 0 Å². The lowest BCUT2D eigenvalue weighted by Crippen LogP contribution is -2.18. The third-order valence-electron chi connectivity index (χ3n) is 1.98. The highest BCUT2D eigenvalue weighted by molar-refractivity contribution is 5.53. The van der Waals surface area contributed by atoms with Crippen molar-refractivity contribution in [3.05, 3.63) is 38.7 Å². The highest BCUT2D eigenvalue weighted by Gasteiger charge is 2.07. The zero-order valence-electron chi connectivity index (χ0n) is 8.44. The van der Waals surface area contributed by atoms with Gasteiger partial charge in [-0.1, -0.05) is 0 Å². The normalized spacial score (nSPS) is 10.3. The maximum Gasteiger partial charge on any atom is 0.349 e. The van der Waals surface area contributed by atoms with E-state index in [9.17, 15) is 9.59 Å². The summed E-state index contributed by atoms with van der Waals surface area (Å²) in [6, 6.07) is 1.41. The van der Waals surface area contributed by atoms with E-state index >= 15 is 0 Å². The van der Waals surface area contributed by atoms with Gasteiger partial charge in [0.25, 0.3) is 0 Å². The summed E-state index contributed by atoms with van der Waals surface area (Å²) in [5.74, 6) is -0.0579. The van der Waals surface area contributed by atoms with Gasteiger partial charge in [0, 0.05) is 18.0 Å². The maximum absolute atomic E-state index is 11.6. The third-order valence-corrected chi connectivity index (χ3v) is 1.98. The number of nitrogen functional groups attached to an aromatic ring is 1. The maximum atomic E-state index is 11.6. The lowest BCUT2D eigenvalue weighted by atomic mass is 10.2. The first-order valence-corrected chi connectivity index (χ1v) is 4.50. The minimum atomic E-state index is -0.637. The van der Waals surface area contributed by atoms with Gasteiger partial charge in [0.15, 0.2) is 11.3 Å². The lowest BCUT2D eigenvalue weighted by Gasteiger charge is -2.00. The van der Waals surface area contributed by atoms with Crippen molar-refractivity contribution in [1.29, 1.82) is 0 Å². The Labute approximate surface area is 89.4 Å². The minimum absolute atomic E-state index is 0.110. The monoisotopic (exact) mass is 219 g/mol. The molecule has 82 valence electrons. The van der Waals surface area contributed by atoms with Gasteiger partial charge in [-0.2, -0.15) is 9.97 Å². The number of rotatable bonds is 1. The highest BCUT2D eigenvalue weighted by Crippen LogP contribution is 2.06. The van der Waals surface area contributed by atoms with Gasteiger partial charge < -0.3 is 10.7 Å². The van der Waals surface area contributed by atoms with Crippen molar-refractivity contribution in [3.8, 4) is 11.4 Å². The van der Waals surface area contributed by atoms with Gasteiger partial charge in [-0.25, -0.2) is 4.79 Å². The molecule has 2 rings (SSSR count). The van der Waals surface area contributed by atoms with E-state index in [0.29, 0.717) is 0 Å². The first-order chi connectivity index (χ1) is 7.56. The molecule has 0 fully saturated rings. The number of nitrogens with zero attached hydrogens (tertiary/aromatic N) is 2. The fourth-order valence-electron chi connectivity index (χ4n) is 1.29.